The first-order valence-corrected chi connectivity index (χ1v) is 8.09. The van der Waals surface area contributed by atoms with Crippen molar-refractivity contribution in [2.24, 2.45) is 0 Å². The molecular formula is C15H12FN3O3S. The zero-order valence-electron chi connectivity index (χ0n) is 11.7. The maximum atomic E-state index is 12.8. The van der Waals surface area contributed by atoms with Crippen LogP contribution in [0.4, 0.5) is 4.39 Å². The van der Waals surface area contributed by atoms with Gasteiger partial charge in [0.05, 0.1) is 10.5 Å². The summed E-state index contributed by atoms with van der Waals surface area (Å²) < 4.78 is 36.9. The standard InChI is InChI=1S/C15H12FN3O3S/c16-10-5-7-11(8-6-10)23(21,22)19-18-15(20)13-9-17-14-4-2-1-3-12(13)14/h1-9,17,19H,(H,18,20). The quantitative estimate of drug-likeness (QED) is 0.637. The number of aromatic amines is 1. The van der Waals surface area contributed by atoms with Crippen LogP contribution in [-0.2, 0) is 10.0 Å². The summed E-state index contributed by atoms with van der Waals surface area (Å²) >= 11 is 0. The summed E-state index contributed by atoms with van der Waals surface area (Å²) in [6, 6.07) is 11.4. The Labute approximate surface area is 131 Å². The first kappa shape index (κ1) is 15.2. The molecular weight excluding hydrogens is 321 g/mol. The van der Waals surface area contributed by atoms with E-state index in [1.807, 2.05) is 10.9 Å². The summed E-state index contributed by atoms with van der Waals surface area (Å²) in [5.74, 6) is -1.15. The van der Waals surface area contributed by atoms with E-state index in [2.05, 4.69) is 10.4 Å². The van der Waals surface area contributed by atoms with Crippen LogP contribution in [0.15, 0.2) is 59.6 Å². The average Bonchev–Trinajstić information content (AvgIpc) is 2.97. The molecule has 3 aromatic rings. The van der Waals surface area contributed by atoms with E-state index in [4.69, 9.17) is 0 Å². The second-order valence-electron chi connectivity index (χ2n) is 4.76. The largest absolute Gasteiger partial charge is 0.360 e. The van der Waals surface area contributed by atoms with E-state index in [1.54, 1.807) is 18.2 Å². The average molecular weight is 333 g/mol. The molecule has 0 aliphatic rings. The minimum Gasteiger partial charge on any atom is -0.360 e. The molecule has 0 spiro atoms. The van der Waals surface area contributed by atoms with Gasteiger partial charge < -0.3 is 4.98 Å². The predicted octanol–water partition coefficient (Wildman–Crippen LogP) is 1.93. The molecule has 0 saturated carbocycles. The number of hydrogen-bond acceptors (Lipinski definition) is 3. The highest BCUT2D eigenvalue weighted by Gasteiger charge is 2.17. The molecule has 3 rings (SSSR count). The SMILES string of the molecule is O=C(NNS(=O)(=O)c1ccc(F)cc1)c1c[nH]c2ccccc12. The number of nitrogens with one attached hydrogen (secondary N) is 3. The molecule has 23 heavy (non-hydrogen) atoms. The highest BCUT2D eigenvalue weighted by molar-refractivity contribution is 7.89. The number of amides is 1. The second kappa shape index (κ2) is 5.82. The Kier molecular flexibility index (Phi) is 3.85. The number of hydrogen-bond donors (Lipinski definition) is 3. The number of carbonyl (C=O) groups excluding carboxylic acids is 1. The highest BCUT2D eigenvalue weighted by atomic mass is 32.2. The normalized spacial score (nSPS) is 11.5. The van der Waals surface area contributed by atoms with Crippen molar-refractivity contribution in [3.8, 4) is 0 Å². The molecule has 0 unspecified atom stereocenters. The molecule has 0 aliphatic heterocycles. The number of benzene rings is 2. The maximum absolute atomic E-state index is 12.8. The first-order chi connectivity index (χ1) is 11.0. The predicted molar refractivity (Wildman–Crippen MR) is 82.5 cm³/mol. The van der Waals surface area contributed by atoms with E-state index in [-0.39, 0.29) is 4.90 Å². The fourth-order valence-electron chi connectivity index (χ4n) is 2.11. The van der Waals surface area contributed by atoms with Gasteiger partial charge in [-0.15, -0.1) is 4.83 Å². The van der Waals surface area contributed by atoms with Crippen molar-refractivity contribution in [3.05, 3.63) is 66.1 Å². The van der Waals surface area contributed by atoms with Gasteiger partial charge in [0.2, 0.25) is 0 Å². The van der Waals surface area contributed by atoms with Gasteiger partial charge in [0.1, 0.15) is 5.82 Å². The molecule has 118 valence electrons. The molecule has 8 heteroatoms. The fourth-order valence-corrected chi connectivity index (χ4v) is 2.95. The maximum Gasteiger partial charge on any atom is 0.268 e. The lowest BCUT2D eigenvalue weighted by atomic mass is 10.2. The molecule has 0 saturated heterocycles. The molecule has 2 aromatic carbocycles. The Morgan fingerprint density at radius 3 is 2.48 bits per heavy atom. The minimum absolute atomic E-state index is 0.155. The lowest BCUT2D eigenvalue weighted by molar-refractivity contribution is 0.0947. The Hall–Kier alpha value is -2.71. The second-order valence-corrected chi connectivity index (χ2v) is 6.44. The molecule has 0 aliphatic carbocycles. The molecule has 6 nitrogen and oxygen atoms in total. The Morgan fingerprint density at radius 1 is 1.04 bits per heavy atom. The molecule has 0 radical (unpaired) electrons. The van der Waals surface area contributed by atoms with Crippen LogP contribution < -0.4 is 10.3 Å². The van der Waals surface area contributed by atoms with Crippen molar-refractivity contribution in [3.63, 3.8) is 0 Å². The molecule has 0 fully saturated rings. The van der Waals surface area contributed by atoms with E-state index in [9.17, 15) is 17.6 Å². The van der Waals surface area contributed by atoms with Crippen LogP contribution in [0, 0.1) is 5.82 Å². The number of halogens is 1. The van der Waals surface area contributed by atoms with Crippen LogP contribution in [0.1, 0.15) is 10.4 Å². The molecule has 1 heterocycles. The van der Waals surface area contributed by atoms with Gasteiger partial charge in [-0.05, 0) is 30.3 Å². The number of hydrazine groups is 1. The number of sulfonamides is 1. The molecule has 0 bridgehead atoms. The van der Waals surface area contributed by atoms with Gasteiger partial charge in [-0.2, -0.15) is 0 Å². The molecule has 1 amide bonds. The summed E-state index contributed by atoms with van der Waals surface area (Å²) in [5, 5.41) is 0.672. The zero-order valence-corrected chi connectivity index (χ0v) is 12.5. The van der Waals surface area contributed by atoms with E-state index in [0.717, 1.165) is 29.8 Å². The van der Waals surface area contributed by atoms with Crippen molar-refractivity contribution in [1.82, 2.24) is 15.2 Å². The van der Waals surface area contributed by atoms with Crippen LogP contribution in [0.25, 0.3) is 10.9 Å². The lowest BCUT2D eigenvalue weighted by Crippen LogP contribution is -2.41. The van der Waals surface area contributed by atoms with Crippen LogP contribution in [0.2, 0.25) is 0 Å². The van der Waals surface area contributed by atoms with Gasteiger partial charge in [0.15, 0.2) is 0 Å². The lowest BCUT2D eigenvalue weighted by Gasteiger charge is -2.08. The van der Waals surface area contributed by atoms with E-state index >= 15 is 0 Å². The van der Waals surface area contributed by atoms with Gasteiger partial charge in [-0.25, -0.2) is 12.8 Å². The van der Waals surface area contributed by atoms with Crippen molar-refractivity contribution < 1.29 is 17.6 Å². The summed E-state index contributed by atoms with van der Waals surface area (Å²) in [6.07, 6.45) is 1.49. The van der Waals surface area contributed by atoms with Crippen molar-refractivity contribution in [1.29, 1.82) is 0 Å². The topological polar surface area (TPSA) is 91.1 Å². The van der Waals surface area contributed by atoms with E-state index in [0.29, 0.717) is 10.9 Å². The van der Waals surface area contributed by atoms with Gasteiger partial charge in [0.25, 0.3) is 15.9 Å². The van der Waals surface area contributed by atoms with Gasteiger partial charge in [0, 0.05) is 17.1 Å². The van der Waals surface area contributed by atoms with Crippen LogP contribution in [0.3, 0.4) is 0 Å². The summed E-state index contributed by atoms with van der Waals surface area (Å²) in [7, 11) is -3.98. The summed E-state index contributed by atoms with van der Waals surface area (Å²) in [5.41, 5.74) is 3.21. The molecule has 0 atom stereocenters. The molecule has 1 aromatic heterocycles. The van der Waals surface area contributed by atoms with E-state index in [1.165, 1.54) is 6.20 Å². The smallest absolute Gasteiger partial charge is 0.268 e. The minimum atomic E-state index is -3.98. The number of carbonyl (C=O) groups is 1. The summed E-state index contributed by atoms with van der Waals surface area (Å²) in [4.78, 5) is 16.9. The van der Waals surface area contributed by atoms with Crippen LogP contribution in [-0.4, -0.2) is 19.3 Å². The number of para-hydroxylation sites is 1. The van der Waals surface area contributed by atoms with Crippen molar-refractivity contribution in [2.75, 3.05) is 0 Å². The summed E-state index contributed by atoms with van der Waals surface area (Å²) in [6.45, 7) is 0. The third-order valence-electron chi connectivity index (χ3n) is 3.26. The molecule has 3 N–H and O–H groups in total. The number of H-pyrrole nitrogens is 1. The van der Waals surface area contributed by atoms with Gasteiger partial charge in [-0.3, -0.25) is 10.2 Å². The van der Waals surface area contributed by atoms with Gasteiger partial charge in [-0.1, -0.05) is 18.2 Å². The van der Waals surface area contributed by atoms with E-state index < -0.39 is 21.7 Å². The first-order valence-electron chi connectivity index (χ1n) is 6.61. The highest BCUT2D eigenvalue weighted by Crippen LogP contribution is 2.17. The number of rotatable bonds is 4. The monoisotopic (exact) mass is 333 g/mol. The number of fused-ring (bicyclic) bond motifs is 1. The third-order valence-corrected chi connectivity index (χ3v) is 4.52. The Bertz CT molecular complexity index is 965. The van der Waals surface area contributed by atoms with Crippen LogP contribution >= 0.6 is 0 Å². The van der Waals surface area contributed by atoms with Crippen molar-refractivity contribution >= 4 is 26.8 Å². The fraction of sp³-hybridized carbons (Fsp3) is 0. The number of aromatic nitrogens is 1. The van der Waals surface area contributed by atoms with Crippen molar-refractivity contribution in [2.45, 2.75) is 4.90 Å². The van der Waals surface area contributed by atoms with Gasteiger partial charge >= 0.3 is 0 Å². The Balaban J connectivity index is 1.77. The third kappa shape index (κ3) is 3.08. The Morgan fingerprint density at radius 2 is 1.74 bits per heavy atom. The zero-order chi connectivity index (χ0) is 16.4. The van der Waals surface area contributed by atoms with Crippen LogP contribution in [0.5, 0.6) is 0 Å².